The minimum absolute atomic E-state index is 0.0504. The van der Waals surface area contributed by atoms with Crippen molar-refractivity contribution in [3.63, 3.8) is 0 Å². The van der Waals surface area contributed by atoms with E-state index in [4.69, 9.17) is 14.2 Å². The third-order valence-corrected chi connectivity index (χ3v) is 10.9. The summed E-state index contributed by atoms with van der Waals surface area (Å²) in [6.45, 7) is 4.60. The van der Waals surface area contributed by atoms with Crippen LogP contribution >= 0.6 is 0 Å². The molecule has 0 aliphatic rings. The zero-order valence-electron chi connectivity index (χ0n) is 40.1. The van der Waals surface area contributed by atoms with E-state index < -0.39 is 18.1 Å². The first-order chi connectivity index (χ1) is 29.6. The predicted molar refractivity (Wildman–Crippen MR) is 257 cm³/mol. The molecule has 1 N–H and O–H groups in total. The van der Waals surface area contributed by atoms with E-state index in [-0.39, 0.29) is 36.2 Å². The molecule has 0 bridgehead atoms. The molecule has 0 aromatic rings. The molecular formula is C53H94NO7+. The van der Waals surface area contributed by atoms with Crippen LogP contribution in [-0.2, 0) is 28.6 Å². The number of carboxylic acids is 1. The van der Waals surface area contributed by atoms with Gasteiger partial charge in [-0.25, -0.2) is 4.79 Å². The topological polar surface area (TPSA) is 99.1 Å². The van der Waals surface area contributed by atoms with Crippen molar-refractivity contribution in [3.8, 4) is 0 Å². The van der Waals surface area contributed by atoms with Gasteiger partial charge in [0.2, 0.25) is 0 Å². The van der Waals surface area contributed by atoms with Crippen molar-refractivity contribution >= 4 is 17.9 Å². The van der Waals surface area contributed by atoms with Gasteiger partial charge in [-0.15, -0.1) is 0 Å². The number of likely N-dealkylation sites (N-methyl/N-ethyl adjacent to an activating group) is 1. The van der Waals surface area contributed by atoms with E-state index in [0.717, 1.165) is 70.6 Å². The van der Waals surface area contributed by atoms with Gasteiger partial charge in [0.1, 0.15) is 6.61 Å². The van der Waals surface area contributed by atoms with Gasteiger partial charge in [0.15, 0.2) is 12.1 Å². The van der Waals surface area contributed by atoms with Crippen LogP contribution in [-0.4, -0.2) is 80.6 Å². The van der Waals surface area contributed by atoms with Crippen LogP contribution in [0.3, 0.4) is 0 Å². The lowest BCUT2D eigenvalue weighted by Crippen LogP contribution is -2.50. The molecule has 0 aromatic carbocycles. The van der Waals surface area contributed by atoms with Gasteiger partial charge in [0.25, 0.3) is 0 Å². The zero-order chi connectivity index (χ0) is 44.9. The Morgan fingerprint density at radius 2 is 0.967 bits per heavy atom. The van der Waals surface area contributed by atoms with Crippen molar-refractivity contribution in [2.75, 3.05) is 41.0 Å². The summed E-state index contributed by atoms with van der Waals surface area (Å²) in [6.07, 6.45) is 54.1. The lowest BCUT2D eigenvalue weighted by molar-refractivity contribution is -0.887. The molecule has 0 aromatic heterocycles. The zero-order valence-corrected chi connectivity index (χ0v) is 40.1. The number of rotatable bonds is 44. The number of esters is 2. The molecule has 0 aliphatic carbocycles. The summed E-state index contributed by atoms with van der Waals surface area (Å²) in [5, 5.41) is 9.64. The molecule has 0 amide bonds. The number of nitrogens with zero attached hydrogens (tertiary/aromatic N) is 1. The highest BCUT2D eigenvalue weighted by atomic mass is 16.6. The fourth-order valence-corrected chi connectivity index (χ4v) is 7.10. The Labute approximate surface area is 375 Å². The number of unbranched alkanes of at least 4 members (excludes halogenated alkanes) is 21. The first kappa shape index (κ1) is 58.0. The maximum atomic E-state index is 12.8. The quantitative estimate of drug-likeness (QED) is 0.0214. The minimum atomic E-state index is -0.879. The molecule has 0 saturated heterocycles. The largest absolute Gasteiger partial charge is 0.477 e. The smallest absolute Gasteiger partial charge is 0.362 e. The number of hydrogen-bond acceptors (Lipinski definition) is 6. The van der Waals surface area contributed by atoms with Crippen LogP contribution in [0.15, 0.2) is 60.8 Å². The highest BCUT2D eigenvalue weighted by Gasteiger charge is 2.31. The Hall–Kier alpha value is -2.97. The van der Waals surface area contributed by atoms with Gasteiger partial charge in [-0.1, -0.05) is 177 Å². The molecule has 8 heteroatoms. The van der Waals surface area contributed by atoms with E-state index in [1.165, 1.54) is 103 Å². The number of carbonyl (C=O) groups excluding carboxylic acids is 2. The Morgan fingerprint density at radius 3 is 1.48 bits per heavy atom. The number of ether oxygens (including phenoxy) is 3. The molecule has 2 unspecified atom stereocenters. The highest BCUT2D eigenvalue weighted by Crippen LogP contribution is 2.15. The molecule has 0 rings (SSSR count). The monoisotopic (exact) mass is 857 g/mol. The van der Waals surface area contributed by atoms with Crippen LogP contribution in [0.1, 0.15) is 206 Å². The van der Waals surface area contributed by atoms with Gasteiger partial charge in [0.05, 0.1) is 34.4 Å². The lowest BCUT2D eigenvalue weighted by atomic mass is 10.0. The van der Waals surface area contributed by atoms with E-state index in [1.54, 1.807) is 0 Å². The van der Waals surface area contributed by atoms with E-state index in [1.807, 2.05) is 21.1 Å². The maximum absolute atomic E-state index is 12.8. The van der Waals surface area contributed by atoms with E-state index >= 15 is 0 Å². The van der Waals surface area contributed by atoms with Crippen LogP contribution in [0.5, 0.6) is 0 Å². The van der Waals surface area contributed by atoms with Crippen molar-refractivity contribution in [2.24, 2.45) is 0 Å². The van der Waals surface area contributed by atoms with Crippen molar-refractivity contribution in [3.05, 3.63) is 60.8 Å². The Bertz CT molecular complexity index is 1180. The number of carboxylic acid groups (broad SMARTS) is 1. The lowest BCUT2D eigenvalue weighted by Gasteiger charge is -2.31. The van der Waals surface area contributed by atoms with E-state index in [0.29, 0.717) is 19.3 Å². The highest BCUT2D eigenvalue weighted by molar-refractivity contribution is 5.72. The Balaban J connectivity index is 4.30. The minimum Gasteiger partial charge on any atom is -0.477 e. The summed E-state index contributed by atoms with van der Waals surface area (Å²) in [6, 6.07) is -0.621. The Kier molecular flexibility index (Phi) is 41.5. The van der Waals surface area contributed by atoms with E-state index in [2.05, 4.69) is 74.6 Å². The van der Waals surface area contributed by atoms with Gasteiger partial charge in [-0.05, 0) is 70.6 Å². The number of aliphatic carboxylic acids is 1. The predicted octanol–water partition coefficient (Wildman–Crippen LogP) is 14.1. The van der Waals surface area contributed by atoms with Gasteiger partial charge >= 0.3 is 17.9 Å². The summed E-state index contributed by atoms with van der Waals surface area (Å²) in [4.78, 5) is 37.1. The van der Waals surface area contributed by atoms with Crippen molar-refractivity contribution in [1.29, 1.82) is 0 Å². The molecule has 61 heavy (non-hydrogen) atoms. The summed E-state index contributed by atoms with van der Waals surface area (Å²) < 4.78 is 17.3. The summed E-state index contributed by atoms with van der Waals surface area (Å²) in [7, 11) is 5.52. The number of carbonyl (C=O) groups is 3. The summed E-state index contributed by atoms with van der Waals surface area (Å²) in [5.74, 6) is -1.50. The van der Waals surface area contributed by atoms with Crippen LogP contribution in [0.25, 0.3) is 0 Å². The molecular weight excluding hydrogens is 763 g/mol. The van der Waals surface area contributed by atoms with Gasteiger partial charge in [-0.2, -0.15) is 0 Å². The fraction of sp³-hybridized carbons (Fsp3) is 0.755. The molecule has 2 atom stereocenters. The summed E-state index contributed by atoms with van der Waals surface area (Å²) in [5.41, 5.74) is 0. The summed E-state index contributed by atoms with van der Waals surface area (Å²) >= 11 is 0. The third kappa shape index (κ3) is 42.1. The SMILES string of the molecule is CC/C=C/C/C=C/C/C=C/CCCCCCCCCCCCCC(=O)OC(COCCC(C(=O)O)[N+](C)(C)C)COC(=O)CCCCC/C=C/C=C/CCCCCCCCC. The number of allylic oxidation sites excluding steroid dienone is 10. The molecule has 0 heterocycles. The maximum Gasteiger partial charge on any atom is 0.362 e. The molecule has 0 aliphatic heterocycles. The van der Waals surface area contributed by atoms with Crippen molar-refractivity contribution < 1.29 is 38.2 Å². The van der Waals surface area contributed by atoms with Crippen LogP contribution in [0, 0.1) is 0 Å². The molecule has 8 nitrogen and oxygen atoms in total. The van der Waals surface area contributed by atoms with Crippen LogP contribution < -0.4 is 0 Å². The van der Waals surface area contributed by atoms with Crippen LogP contribution in [0.4, 0.5) is 0 Å². The molecule has 0 fully saturated rings. The van der Waals surface area contributed by atoms with Crippen LogP contribution in [0.2, 0.25) is 0 Å². The average Bonchev–Trinajstić information content (AvgIpc) is 3.22. The Morgan fingerprint density at radius 1 is 0.525 bits per heavy atom. The van der Waals surface area contributed by atoms with E-state index in [9.17, 15) is 19.5 Å². The number of quaternary nitrogens is 1. The second-order valence-corrected chi connectivity index (χ2v) is 17.7. The third-order valence-electron chi connectivity index (χ3n) is 10.9. The molecule has 0 radical (unpaired) electrons. The van der Waals surface area contributed by atoms with Gasteiger partial charge in [-0.3, -0.25) is 9.59 Å². The first-order valence-corrected chi connectivity index (χ1v) is 24.8. The molecule has 0 saturated carbocycles. The fourth-order valence-electron chi connectivity index (χ4n) is 7.10. The number of hydrogen-bond donors (Lipinski definition) is 1. The second-order valence-electron chi connectivity index (χ2n) is 17.7. The van der Waals surface area contributed by atoms with Crippen molar-refractivity contribution in [1.82, 2.24) is 0 Å². The van der Waals surface area contributed by atoms with Gasteiger partial charge in [0, 0.05) is 19.3 Å². The standard InChI is InChI=1S/C53H93NO7/c1-6-8-10-12-14-16-18-20-22-24-25-26-27-28-30-32-34-36-38-40-42-44-52(56)61-49(47-59-46-45-50(53(57)58)54(3,4)5)48-60-51(55)43-41-39-37-35-33-31-29-23-21-19-17-15-13-11-9-7-2/h8,10,14,16,20,22-23,29,31,33,49-50H,6-7,9,11-13,15,17-19,21,24-28,30,32,34-48H2,1-5H3/p+1/b10-8+,16-14+,22-20+,29-23+,33-31+. The molecule has 352 valence electrons. The first-order valence-electron chi connectivity index (χ1n) is 24.8. The normalized spacial score (nSPS) is 13.4. The molecule has 0 spiro atoms. The average molecular weight is 857 g/mol. The van der Waals surface area contributed by atoms with Gasteiger partial charge < -0.3 is 23.8 Å². The second kappa shape index (κ2) is 43.7. The van der Waals surface area contributed by atoms with Crippen molar-refractivity contribution in [2.45, 2.75) is 219 Å².